The fourth-order valence-electron chi connectivity index (χ4n) is 4.09. The summed E-state index contributed by atoms with van der Waals surface area (Å²) < 4.78 is 33.7. The van der Waals surface area contributed by atoms with Gasteiger partial charge in [0, 0.05) is 29.2 Å². The Morgan fingerprint density at radius 1 is 1.08 bits per heavy atom. The molecular weight excluding hydrogens is 536 g/mol. The normalized spacial score (nSPS) is 14.2. The number of thiophene rings is 1. The van der Waals surface area contributed by atoms with Gasteiger partial charge in [-0.3, -0.25) is 4.79 Å². The van der Waals surface area contributed by atoms with E-state index in [0.29, 0.717) is 28.7 Å². The zero-order valence-corrected chi connectivity index (χ0v) is 22.2. The zero-order valence-electron chi connectivity index (χ0n) is 19.8. The SMILES string of the molecule is Cc1nn(-c2ccc(Cl)cc2)c2sc(C(=O)OCC(=O)Nc3ccc(S(=O)(=O)N4CCCC4)cc3)cc12. The van der Waals surface area contributed by atoms with Crippen LogP contribution in [0.3, 0.4) is 0 Å². The van der Waals surface area contributed by atoms with Gasteiger partial charge in [0.05, 0.1) is 16.3 Å². The minimum absolute atomic E-state index is 0.177. The van der Waals surface area contributed by atoms with Gasteiger partial charge in [-0.15, -0.1) is 11.3 Å². The standard InChI is InChI=1S/C25H23ClN4O5S2/c1-16-21-14-22(36-24(21)30(28-16)19-8-4-17(26)5-9-19)25(32)35-15-23(31)27-18-6-10-20(11-7-18)37(33,34)29-12-2-3-13-29/h4-11,14H,2-3,12-13,15H2,1H3,(H,27,31). The summed E-state index contributed by atoms with van der Waals surface area (Å²) in [4.78, 5) is 26.3. The van der Waals surface area contributed by atoms with Crippen molar-refractivity contribution in [2.45, 2.75) is 24.7 Å². The molecular formula is C25H23ClN4O5S2. The molecule has 3 heterocycles. The van der Waals surface area contributed by atoms with Gasteiger partial charge in [-0.05, 0) is 74.4 Å². The minimum Gasteiger partial charge on any atom is -0.451 e. The van der Waals surface area contributed by atoms with Crippen LogP contribution >= 0.6 is 22.9 Å². The summed E-state index contributed by atoms with van der Waals surface area (Å²) >= 11 is 7.20. The summed E-state index contributed by atoms with van der Waals surface area (Å²) in [5, 5.41) is 8.59. The highest BCUT2D eigenvalue weighted by atomic mass is 35.5. The number of nitrogens with zero attached hydrogens (tertiary/aromatic N) is 3. The number of benzene rings is 2. The molecule has 0 saturated carbocycles. The van der Waals surface area contributed by atoms with Gasteiger partial charge in [-0.25, -0.2) is 17.9 Å². The van der Waals surface area contributed by atoms with Crippen LogP contribution in [0.4, 0.5) is 5.69 Å². The molecule has 9 nitrogen and oxygen atoms in total. The van der Waals surface area contributed by atoms with Crippen molar-refractivity contribution in [3.05, 3.63) is 70.2 Å². The Morgan fingerprint density at radius 2 is 1.76 bits per heavy atom. The second-order valence-corrected chi connectivity index (χ2v) is 12.0. The Balaban J connectivity index is 1.21. The molecule has 0 bridgehead atoms. The van der Waals surface area contributed by atoms with E-state index >= 15 is 0 Å². The summed E-state index contributed by atoms with van der Waals surface area (Å²) in [5.74, 6) is -1.15. The minimum atomic E-state index is -3.53. The maximum absolute atomic E-state index is 12.6. The Bertz CT molecular complexity index is 1570. The first kappa shape index (κ1) is 25.4. The molecule has 4 aromatic rings. The van der Waals surface area contributed by atoms with E-state index in [2.05, 4.69) is 10.4 Å². The van der Waals surface area contributed by atoms with Crippen LogP contribution in [-0.4, -0.2) is 54.1 Å². The molecule has 0 radical (unpaired) electrons. The highest BCUT2D eigenvalue weighted by Crippen LogP contribution is 2.31. The van der Waals surface area contributed by atoms with E-state index in [0.717, 1.165) is 34.4 Å². The quantitative estimate of drug-likeness (QED) is 0.331. The summed E-state index contributed by atoms with van der Waals surface area (Å²) in [6.07, 6.45) is 1.71. The number of fused-ring (bicyclic) bond motifs is 1. The smallest absolute Gasteiger partial charge is 0.348 e. The molecule has 1 aliphatic heterocycles. The molecule has 1 aliphatic rings. The second-order valence-electron chi connectivity index (χ2n) is 8.56. The van der Waals surface area contributed by atoms with Crippen LogP contribution < -0.4 is 5.32 Å². The largest absolute Gasteiger partial charge is 0.451 e. The van der Waals surface area contributed by atoms with Crippen molar-refractivity contribution in [3.63, 3.8) is 0 Å². The fourth-order valence-corrected chi connectivity index (χ4v) is 6.81. The molecule has 192 valence electrons. The van der Waals surface area contributed by atoms with Crippen LogP contribution in [0.25, 0.3) is 15.9 Å². The van der Waals surface area contributed by atoms with E-state index in [1.54, 1.807) is 22.9 Å². The molecule has 0 atom stereocenters. The van der Waals surface area contributed by atoms with Crippen LogP contribution in [0.2, 0.25) is 5.02 Å². The van der Waals surface area contributed by atoms with E-state index in [-0.39, 0.29) is 4.90 Å². The van der Waals surface area contributed by atoms with Gasteiger partial charge in [-0.1, -0.05) is 11.6 Å². The lowest BCUT2D eigenvalue weighted by Gasteiger charge is -2.15. The van der Waals surface area contributed by atoms with E-state index in [9.17, 15) is 18.0 Å². The molecule has 1 N–H and O–H groups in total. The molecule has 0 spiro atoms. The summed E-state index contributed by atoms with van der Waals surface area (Å²) in [5.41, 5.74) is 1.97. The number of esters is 1. The number of hydrogen-bond acceptors (Lipinski definition) is 7. The number of aryl methyl sites for hydroxylation is 1. The third kappa shape index (κ3) is 5.26. The van der Waals surface area contributed by atoms with Crippen LogP contribution in [0, 0.1) is 6.92 Å². The summed E-state index contributed by atoms with van der Waals surface area (Å²) in [7, 11) is -3.53. The first-order valence-corrected chi connectivity index (χ1v) is 14.2. The lowest BCUT2D eigenvalue weighted by molar-refractivity contribution is -0.119. The fraction of sp³-hybridized carbons (Fsp3) is 0.240. The number of sulfonamides is 1. The third-order valence-corrected chi connectivity index (χ3v) is 9.25. The predicted octanol–water partition coefficient (Wildman–Crippen LogP) is 4.63. The number of carbonyl (C=O) groups excluding carboxylic acids is 2. The number of carbonyl (C=O) groups is 2. The molecule has 12 heteroatoms. The van der Waals surface area contributed by atoms with E-state index in [1.807, 2.05) is 19.1 Å². The van der Waals surface area contributed by atoms with E-state index in [1.165, 1.54) is 39.9 Å². The van der Waals surface area contributed by atoms with Gasteiger partial charge in [-0.2, -0.15) is 9.40 Å². The van der Waals surface area contributed by atoms with Crippen molar-refractivity contribution in [3.8, 4) is 5.69 Å². The molecule has 5 rings (SSSR count). The molecule has 1 fully saturated rings. The molecule has 0 aliphatic carbocycles. The van der Waals surface area contributed by atoms with Crippen molar-refractivity contribution < 1.29 is 22.7 Å². The molecule has 2 aromatic heterocycles. The molecule has 0 unspecified atom stereocenters. The Kier molecular flexibility index (Phi) is 7.04. The van der Waals surface area contributed by atoms with Gasteiger partial charge in [0.1, 0.15) is 9.71 Å². The lowest BCUT2D eigenvalue weighted by atomic mass is 10.3. The number of rotatable bonds is 7. The third-order valence-electron chi connectivity index (χ3n) is 5.99. The first-order valence-electron chi connectivity index (χ1n) is 11.5. The number of hydrogen-bond donors (Lipinski definition) is 1. The number of ether oxygens (including phenoxy) is 1. The van der Waals surface area contributed by atoms with Crippen LogP contribution in [-0.2, 0) is 19.6 Å². The zero-order chi connectivity index (χ0) is 26.2. The van der Waals surface area contributed by atoms with E-state index in [4.69, 9.17) is 16.3 Å². The monoisotopic (exact) mass is 558 g/mol. The van der Waals surface area contributed by atoms with Crippen molar-refractivity contribution in [2.24, 2.45) is 0 Å². The van der Waals surface area contributed by atoms with Crippen molar-refractivity contribution in [2.75, 3.05) is 25.0 Å². The first-order chi connectivity index (χ1) is 17.7. The van der Waals surface area contributed by atoms with Gasteiger partial charge in [0.2, 0.25) is 10.0 Å². The van der Waals surface area contributed by atoms with Crippen LogP contribution in [0.15, 0.2) is 59.5 Å². The Hall–Kier alpha value is -3.25. The maximum Gasteiger partial charge on any atom is 0.348 e. The highest BCUT2D eigenvalue weighted by molar-refractivity contribution is 7.89. The van der Waals surface area contributed by atoms with Crippen molar-refractivity contribution in [1.82, 2.24) is 14.1 Å². The second kappa shape index (κ2) is 10.3. The lowest BCUT2D eigenvalue weighted by Crippen LogP contribution is -2.27. The highest BCUT2D eigenvalue weighted by Gasteiger charge is 2.27. The molecule has 37 heavy (non-hydrogen) atoms. The number of aromatic nitrogens is 2. The number of anilines is 1. The summed E-state index contributed by atoms with van der Waals surface area (Å²) in [6, 6.07) is 14.9. The molecule has 2 aromatic carbocycles. The van der Waals surface area contributed by atoms with Crippen LogP contribution in [0.1, 0.15) is 28.2 Å². The number of halogens is 1. The number of amides is 1. The van der Waals surface area contributed by atoms with Gasteiger partial charge >= 0.3 is 5.97 Å². The Morgan fingerprint density at radius 3 is 2.43 bits per heavy atom. The predicted molar refractivity (Wildman–Crippen MR) is 142 cm³/mol. The van der Waals surface area contributed by atoms with E-state index < -0.39 is 28.5 Å². The average Bonchev–Trinajstić information content (AvgIpc) is 3.63. The topological polar surface area (TPSA) is 111 Å². The van der Waals surface area contributed by atoms with Gasteiger partial charge < -0.3 is 10.1 Å². The Labute approximate surface area is 222 Å². The van der Waals surface area contributed by atoms with Crippen LogP contribution in [0.5, 0.6) is 0 Å². The van der Waals surface area contributed by atoms with Crippen molar-refractivity contribution >= 4 is 60.7 Å². The van der Waals surface area contributed by atoms with Gasteiger partial charge in [0.25, 0.3) is 5.91 Å². The van der Waals surface area contributed by atoms with Gasteiger partial charge in [0.15, 0.2) is 6.61 Å². The number of nitrogens with one attached hydrogen (secondary N) is 1. The molecule has 1 amide bonds. The summed E-state index contributed by atoms with van der Waals surface area (Å²) in [6.45, 7) is 2.41. The maximum atomic E-state index is 12.6. The average molecular weight is 559 g/mol. The molecule has 1 saturated heterocycles. The van der Waals surface area contributed by atoms with Crippen molar-refractivity contribution in [1.29, 1.82) is 0 Å².